The Kier molecular flexibility index (Phi) is 6.95. The van der Waals surface area contributed by atoms with Gasteiger partial charge in [-0.15, -0.1) is 0 Å². The normalized spacial score (nSPS) is 15.5. The number of hydrogen-bond acceptors (Lipinski definition) is 5. The molecule has 0 saturated carbocycles. The fourth-order valence-corrected chi connectivity index (χ4v) is 5.28. The zero-order chi connectivity index (χ0) is 23.4. The Balaban J connectivity index is 1.31. The van der Waals surface area contributed by atoms with Gasteiger partial charge in [0.15, 0.2) is 0 Å². The zero-order valence-corrected chi connectivity index (χ0v) is 19.8. The first-order valence-electron chi connectivity index (χ1n) is 11.2. The van der Waals surface area contributed by atoms with E-state index in [2.05, 4.69) is 17.2 Å². The number of hydrogen-bond donors (Lipinski definition) is 1. The number of carbonyl (C=O) groups excluding carboxylic acids is 1. The topological polar surface area (TPSA) is 92.5 Å². The molecule has 1 amide bonds. The van der Waals surface area contributed by atoms with E-state index in [1.165, 1.54) is 22.0 Å². The molecule has 2 aromatic carbocycles. The second-order valence-corrected chi connectivity index (χ2v) is 10.6. The van der Waals surface area contributed by atoms with E-state index in [9.17, 15) is 13.2 Å². The molecular weight excluding hydrogens is 438 g/mol. The summed E-state index contributed by atoms with van der Waals surface area (Å²) in [6.07, 6.45) is 3.87. The minimum absolute atomic E-state index is 0.222. The van der Waals surface area contributed by atoms with Crippen LogP contribution in [0.15, 0.2) is 64.1 Å². The standard InChI is InChI=1S/C25H29N3O4S/c1-18-3-5-21(6-4-18)25-27-22(17-32-25)11-14-26-24(29)20-7-9-23(10-8-20)33(30,31)28-15-12-19(2)13-16-28/h3-10,17,19H,11-16H2,1-2H3,(H,26,29). The molecular formula is C25H29N3O4S. The van der Waals surface area contributed by atoms with Crippen molar-refractivity contribution in [2.75, 3.05) is 19.6 Å². The Bertz CT molecular complexity index is 1190. The van der Waals surface area contributed by atoms with Gasteiger partial charge in [0.1, 0.15) is 6.26 Å². The average Bonchev–Trinajstić information content (AvgIpc) is 3.29. The molecule has 174 valence electrons. The summed E-state index contributed by atoms with van der Waals surface area (Å²) in [6, 6.07) is 14.1. The number of aromatic nitrogens is 1. The van der Waals surface area contributed by atoms with Gasteiger partial charge >= 0.3 is 0 Å². The van der Waals surface area contributed by atoms with Gasteiger partial charge < -0.3 is 9.73 Å². The summed E-state index contributed by atoms with van der Waals surface area (Å²) in [5, 5.41) is 2.85. The van der Waals surface area contributed by atoms with Crippen molar-refractivity contribution >= 4 is 15.9 Å². The summed E-state index contributed by atoms with van der Waals surface area (Å²) in [4.78, 5) is 17.2. The summed E-state index contributed by atoms with van der Waals surface area (Å²) in [7, 11) is -3.52. The summed E-state index contributed by atoms with van der Waals surface area (Å²) >= 11 is 0. The highest BCUT2D eigenvalue weighted by atomic mass is 32.2. The van der Waals surface area contributed by atoms with E-state index in [1.807, 2.05) is 31.2 Å². The van der Waals surface area contributed by atoms with Crippen LogP contribution in [0, 0.1) is 12.8 Å². The lowest BCUT2D eigenvalue weighted by atomic mass is 10.0. The Morgan fingerprint density at radius 3 is 2.42 bits per heavy atom. The van der Waals surface area contributed by atoms with Crippen LogP contribution in [0.1, 0.15) is 41.4 Å². The van der Waals surface area contributed by atoms with Crippen LogP contribution in [-0.4, -0.2) is 43.2 Å². The van der Waals surface area contributed by atoms with E-state index < -0.39 is 10.0 Å². The van der Waals surface area contributed by atoms with E-state index in [4.69, 9.17) is 4.42 Å². The highest BCUT2D eigenvalue weighted by molar-refractivity contribution is 7.89. The van der Waals surface area contributed by atoms with E-state index in [0.29, 0.717) is 43.4 Å². The van der Waals surface area contributed by atoms with Gasteiger partial charge in [0.25, 0.3) is 5.91 Å². The molecule has 1 aliphatic rings. The van der Waals surface area contributed by atoms with Crippen LogP contribution in [0.4, 0.5) is 0 Å². The molecule has 8 heteroatoms. The molecule has 0 atom stereocenters. The molecule has 7 nitrogen and oxygen atoms in total. The summed E-state index contributed by atoms with van der Waals surface area (Å²) in [6.45, 7) is 5.64. The van der Waals surface area contributed by atoms with E-state index in [1.54, 1.807) is 18.4 Å². The molecule has 0 bridgehead atoms. The lowest BCUT2D eigenvalue weighted by Crippen LogP contribution is -2.37. The van der Waals surface area contributed by atoms with Crippen LogP contribution in [0.3, 0.4) is 0 Å². The molecule has 3 aromatic rings. The number of aryl methyl sites for hydroxylation is 1. The molecule has 2 heterocycles. The van der Waals surface area contributed by atoms with Crippen LogP contribution in [0.2, 0.25) is 0 Å². The van der Waals surface area contributed by atoms with Crippen molar-refractivity contribution in [2.45, 2.75) is 38.0 Å². The maximum absolute atomic E-state index is 12.8. The van der Waals surface area contributed by atoms with Gasteiger partial charge in [0, 0.05) is 37.2 Å². The zero-order valence-electron chi connectivity index (χ0n) is 19.0. The predicted molar refractivity (Wildman–Crippen MR) is 126 cm³/mol. The summed E-state index contributed by atoms with van der Waals surface area (Å²) in [5.41, 5.74) is 3.25. The van der Waals surface area contributed by atoms with E-state index in [-0.39, 0.29) is 10.8 Å². The van der Waals surface area contributed by atoms with Crippen LogP contribution in [-0.2, 0) is 16.4 Å². The summed E-state index contributed by atoms with van der Waals surface area (Å²) in [5.74, 6) is 0.846. The number of rotatable bonds is 7. The summed E-state index contributed by atoms with van der Waals surface area (Å²) < 4.78 is 32.8. The molecule has 0 radical (unpaired) electrons. The second-order valence-electron chi connectivity index (χ2n) is 8.63. The van der Waals surface area contributed by atoms with Crippen molar-refractivity contribution in [2.24, 2.45) is 5.92 Å². The third kappa shape index (κ3) is 5.51. The Labute approximate surface area is 194 Å². The quantitative estimate of drug-likeness (QED) is 0.566. The van der Waals surface area contributed by atoms with Gasteiger partial charge in [0.2, 0.25) is 15.9 Å². The molecule has 4 rings (SSSR count). The smallest absolute Gasteiger partial charge is 0.251 e. The maximum atomic E-state index is 12.8. The predicted octanol–water partition coefficient (Wildman–Crippen LogP) is 4.04. The van der Waals surface area contributed by atoms with Crippen molar-refractivity contribution in [3.05, 3.63) is 71.6 Å². The van der Waals surface area contributed by atoms with Gasteiger partial charge in [-0.25, -0.2) is 13.4 Å². The van der Waals surface area contributed by atoms with Crippen molar-refractivity contribution in [3.8, 4) is 11.5 Å². The molecule has 1 N–H and O–H groups in total. The third-order valence-electron chi connectivity index (χ3n) is 6.01. The number of nitrogens with zero attached hydrogens (tertiary/aromatic N) is 2. The van der Waals surface area contributed by atoms with Gasteiger partial charge in [-0.3, -0.25) is 4.79 Å². The van der Waals surface area contributed by atoms with Crippen molar-refractivity contribution in [1.29, 1.82) is 0 Å². The highest BCUT2D eigenvalue weighted by Gasteiger charge is 2.28. The molecule has 33 heavy (non-hydrogen) atoms. The van der Waals surface area contributed by atoms with Crippen molar-refractivity contribution < 1.29 is 17.6 Å². The number of sulfonamides is 1. The van der Waals surface area contributed by atoms with Crippen molar-refractivity contribution in [3.63, 3.8) is 0 Å². The van der Waals surface area contributed by atoms with Crippen LogP contribution in [0.25, 0.3) is 11.5 Å². The monoisotopic (exact) mass is 467 g/mol. The fraction of sp³-hybridized carbons (Fsp3) is 0.360. The number of oxazole rings is 1. The molecule has 0 aliphatic carbocycles. The van der Waals surface area contributed by atoms with E-state index >= 15 is 0 Å². The molecule has 1 aliphatic heterocycles. The number of carbonyl (C=O) groups is 1. The highest BCUT2D eigenvalue weighted by Crippen LogP contribution is 2.24. The maximum Gasteiger partial charge on any atom is 0.251 e. The number of benzene rings is 2. The van der Waals surface area contributed by atoms with Gasteiger partial charge in [-0.05, 0) is 62.1 Å². The van der Waals surface area contributed by atoms with Gasteiger partial charge in [0.05, 0.1) is 10.6 Å². The van der Waals surface area contributed by atoms with Gasteiger partial charge in [-0.2, -0.15) is 4.31 Å². The third-order valence-corrected chi connectivity index (χ3v) is 7.93. The first-order chi connectivity index (χ1) is 15.8. The van der Waals surface area contributed by atoms with Crippen molar-refractivity contribution in [1.82, 2.24) is 14.6 Å². The van der Waals surface area contributed by atoms with Crippen LogP contribution in [0.5, 0.6) is 0 Å². The molecule has 1 fully saturated rings. The Morgan fingerprint density at radius 2 is 1.76 bits per heavy atom. The Morgan fingerprint density at radius 1 is 1.09 bits per heavy atom. The van der Waals surface area contributed by atoms with E-state index in [0.717, 1.165) is 24.1 Å². The lowest BCUT2D eigenvalue weighted by molar-refractivity contribution is 0.0954. The molecule has 0 spiro atoms. The first kappa shape index (κ1) is 23.2. The largest absolute Gasteiger partial charge is 0.444 e. The molecule has 1 aromatic heterocycles. The minimum atomic E-state index is -3.52. The Hall–Kier alpha value is -2.97. The van der Waals surface area contributed by atoms with Gasteiger partial charge in [-0.1, -0.05) is 24.6 Å². The number of piperidine rings is 1. The molecule has 0 unspecified atom stereocenters. The van der Waals surface area contributed by atoms with Crippen LogP contribution >= 0.6 is 0 Å². The lowest BCUT2D eigenvalue weighted by Gasteiger charge is -2.29. The minimum Gasteiger partial charge on any atom is -0.444 e. The second kappa shape index (κ2) is 9.89. The number of amides is 1. The fourth-order valence-electron chi connectivity index (χ4n) is 3.81. The first-order valence-corrected chi connectivity index (χ1v) is 12.7. The van der Waals surface area contributed by atoms with Crippen LogP contribution < -0.4 is 5.32 Å². The molecule has 1 saturated heterocycles. The average molecular weight is 468 g/mol. The number of nitrogens with one attached hydrogen (secondary N) is 1. The SMILES string of the molecule is Cc1ccc(-c2nc(CCNC(=O)c3ccc(S(=O)(=O)N4CCC(C)CC4)cc3)co2)cc1.